The van der Waals surface area contributed by atoms with Crippen LogP contribution in [0.4, 0.5) is 0 Å². The first-order valence-corrected chi connectivity index (χ1v) is 12.6. The van der Waals surface area contributed by atoms with E-state index in [1.807, 2.05) is 6.07 Å². The van der Waals surface area contributed by atoms with E-state index in [1.165, 1.54) is 5.57 Å². The Hall–Kier alpha value is -1.12. The molecule has 5 atom stereocenters. The number of allylic oxidation sites excluding steroid dienone is 2. The minimum atomic E-state index is -0.949. The molecule has 2 aliphatic carbocycles. The summed E-state index contributed by atoms with van der Waals surface area (Å²) in [6, 6.07) is 3.76. The number of rotatable bonds is 3. The van der Waals surface area contributed by atoms with Crippen LogP contribution >= 0.6 is 0 Å². The number of benzene rings is 1. The Labute approximate surface area is 176 Å². The Morgan fingerprint density at radius 1 is 1.39 bits per heavy atom. The van der Waals surface area contributed by atoms with Gasteiger partial charge in [-0.1, -0.05) is 0 Å². The molecule has 28 heavy (non-hydrogen) atoms. The maximum absolute atomic E-state index is 12.9. The van der Waals surface area contributed by atoms with Gasteiger partial charge in [-0.05, 0) is 0 Å². The van der Waals surface area contributed by atoms with Crippen molar-refractivity contribution in [2.75, 3.05) is 18.0 Å². The van der Waals surface area contributed by atoms with Gasteiger partial charge in [0.15, 0.2) is 0 Å². The summed E-state index contributed by atoms with van der Waals surface area (Å²) in [5.41, 5.74) is 1.79. The van der Waals surface area contributed by atoms with Gasteiger partial charge < -0.3 is 0 Å². The summed E-state index contributed by atoms with van der Waals surface area (Å²) in [4.78, 5) is 12.9. The summed E-state index contributed by atoms with van der Waals surface area (Å²) >= 11 is -0.195. The predicted molar refractivity (Wildman–Crippen MR) is 101 cm³/mol. The van der Waals surface area contributed by atoms with E-state index in [0.29, 0.717) is 18.6 Å². The third-order valence-electron chi connectivity index (χ3n) is 7.56. The number of piperidine rings is 1. The number of nitrogens with zero attached hydrogens (tertiary/aromatic N) is 1. The van der Waals surface area contributed by atoms with Crippen molar-refractivity contribution in [3.63, 3.8) is 0 Å². The van der Waals surface area contributed by atoms with Gasteiger partial charge >= 0.3 is 177 Å². The average molecular weight is 497 g/mol. The van der Waals surface area contributed by atoms with Crippen LogP contribution in [0.1, 0.15) is 44.2 Å². The molecular formula is C22H28INO4. The number of aliphatic hydroxyl groups is 1. The fourth-order valence-corrected chi connectivity index (χ4v) is 9.88. The van der Waals surface area contributed by atoms with E-state index in [-0.39, 0.29) is 39.1 Å². The number of ether oxygens (including phenoxy) is 1. The van der Waals surface area contributed by atoms with Crippen molar-refractivity contribution in [1.29, 1.82) is 0 Å². The van der Waals surface area contributed by atoms with E-state index in [4.69, 9.17) is 4.74 Å². The number of Topliss-reactive ketones (excluding diaryl/α,β-unsaturated/α-hetero) is 1. The molecule has 1 saturated heterocycles. The fraction of sp³-hybridized carbons (Fsp3) is 0.591. The number of likely N-dealkylation sites (N-methyl/N-ethyl adjacent to an activating group) is 1. The number of phenolic OH excluding ortho intramolecular Hbond substituents is 1. The van der Waals surface area contributed by atoms with Crippen molar-refractivity contribution in [2.45, 2.75) is 62.7 Å². The van der Waals surface area contributed by atoms with Crippen molar-refractivity contribution >= 4 is 5.78 Å². The molecule has 2 bridgehead atoms. The van der Waals surface area contributed by atoms with Gasteiger partial charge in [-0.25, -0.2) is 0 Å². The van der Waals surface area contributed by atoms with Gasteiger partial charge in [0.05, 0.1) is 0 Å². The third-order valence-corrected chi connectivity index (χ3v) is 11.1. The maximum atomic E-state index is 12.9. The van der Waals surface area contributed by atoms with Crippen LogP contribution in [-0.2, 0) is 16.6 Å². The zero-order chi connectivity index (χ0) is 19.9. The first kappa shape index (κ1) is 18.9. The SMILES string of the molecule is CC(C)=CC[I-][N+]1(C)CC[C@]23c4c5ccc(O)c4O[C@H]2C(=O)CC[C@@]3(O)[C@H]1C5. The normalized spacial score (nSPS) is 40.1. The quantitative estimate of drug-likeness (QED) is 0.249. The Bertz CT molecular complexity index is 910. The van der Waals surface area contributed by atoms with Crippen LogP contribution < -0.4 is 26.2 Å². The molecule has 0 aromatic heterocycles. The van der Waals surface area contributed by atoms with Crippen molar-refractivity contribution < 1.29 is 43.9 Å². The summed E-state index contributed by atoms with van der Waals surface area (Å²) in [6.07, 6.45) is 4.06. The number of likely N-dealkylation sites (tertiary alicyclic amines) is 1. The van der Waals surface area contributed by atoms with E-state index in [0.717, 1.165) is 37.6 Å². The number of phenols is 1. The molecule has 1 spiro atoms. The summed E-state index contributed by atoms with van der Waals surface area (Å²) in [6.45, 7) is 5.24. The van der Waals surface area contributed by atoms with Crippen molar-refractivity contribution in [2.24, 2.45) is 0 Å². The molecule has 4 aliphatic rings. The van der Waals surface area contributed by atoms with Gasteiger partial charge in [0.2, 0.25) is 0 Å². The van der Waals surface area contributed by atoms with Gasteiger partial charge in [0.25, 0.3) is 0 Å². The van der Waals surface area contributed by atoms with Crippen molar-refractivity contribution in [3.05, 3.63) is 34.9 Å². The van der Waals surface area contributed by atoms with E-state index >= 15 is 0 Å². The van der Waals surface area contributed by atoms with Crippen LogP contribution in [0.15, 0.2) is 23.8 Å². The Morgan fingerprint density at radius 3 is 2.93 bits per heavy atom. The number of halogens is 1. The third kappa shape index (κ3) is 2.17. The molecule has 5 rings (SSSR count). The molecule has 2 aliphatic heterocycles. The molecule has 5 nitrogen and oxygen atoms in total. The zero-order valence-corrected chi connectivity index (χ0v) is 18.8. The van der Waals surface area contributed by atoms with Gasteiger partial charge in [-0.2, -0.15) is 0 Å². The molecule has 6 heteroatoms. The zero-order valence-electron chi connectivity index (χ0n) is 16.7. The van der Waals surface area contributed by atoms with E-state index in [2.05, 4.69) is 27.0 Å². The Balaban J connectivity index is 1.67. The molecule has 1 unspecified atom stereocenters. The monoisotopic (exact) mass is 497 g/mol. The number of quaternary nitrogens is 1. The Kier molecular flexibility index (Phi) is 4.01. The number of aromatic hydroxyl groups is 1. The second kappa shape index (κ2) is 5.95. The van der Waals surface area contributed by atoms with E-state index < -0.39 is 17.1 Å². The molecule has 2 N–H and O–H groups in total. The summed E-state index contributed by atoms with van der Waals surface area (Å²) in [7, 11) is 2.31. The number of hydrogen-bond donors (Lipinski definition) is 2. The number of ketones is 1. The van der Waals surface area contributed by atoms with Crippen LogP contribution in [0.25, 0.3) is 0 Å². The summed E-state index contributed by atoms with van der Waals surface area (Å²) < 4.78 is 8.13. The van der Waals surface area contributed by atoms with Crippen LogP contribution in [-0.4, -0.2) is 54.5 Å². The Morgan fingerprint density at radius 2 is 2.18 bits per heavy atom. The number of carbonyl (C=O) groups is 1. The number of carbonyl (C=O) groups excluding carboxylic acids is 1. The van der Waals surface area contributed by atoms with E-state index in [9.17, 15) is 15.0 Å². The molecule has 2 heterocycles. The molecule has 1 aromatic carbocycles. The van der Waals surface area contributed by atoms with Crippen LogP contribution in [0, 0.1) is 0 Å². The average Bonchev–Trinajstić information content (AvgIpc) is 3.00. The van der Waals surface area contributed by atoms with Gasteiger partial charge in [-0.15, -0.1) is 0 Å². The fourth-order valence-electron chi connectivity index (χ4n) is 6.18. The number of alkyl halides is 1. The van der Waals surface area contributed by atoms with Crippen molar-refractivity contribution in [3.8, 4) is 11.5 Å². The molecule has 2 fully saturated rings. The second-order valence-corrected chi connectivity index (χ2v) is 13.0. The topological polar surface area (TPSA) is 66.8 Å². The minimum absolute atomic E-state index is 0.0715. The van der Waals surface area contributed by atoms with Crippen LogP contribution in [0.2, 0.25) is 0 Å². The summed E-state index contributed by atoms with van der Waals surface area (Å²) in [5.74, 6) is 0.613. The molecule has 0 amide bonds. The first-order chi connectivity index (χ1) is 13.2. The molecule has 152 valence electrons. The molecule has 0 radical (unpaired) electrons. The van der Waals surface area contributed by atoms with Gasteiger partial charge in [0, 0.05) is 0 Å². The van der Waals surface area contributed by atoms with Crippen LogP contribution in [0.3, 0.4) is 0 Å². The van der Waals surface area contributed by atoms with Gasteiger partial charge in [0.1, 0.15) is 0 Å². The second-order valence-electron chi connectivity index (χ2n) is 9.20. The standard InChI is InChI=1S/C22H28INO4/c1-13(2)7-10-23-24(3)11-9-21-18-14-4-5-15(25)19(18)28-20(21)16(26)6-8-22(21,27)17(24)12-14/h4-5,7,17,20,25,27H,6,8-12H2,1-3H3/t17-,20+,21+,22-,24?/m1/s1. The molecule has 1 saturated carbocycles. The molecular weight excluding hydrogens is 469 g/mol. The van der Waals surface area contributed by atoms with Crippen molar-refractivity contribution in [1.82, 2.24) is 0 Å². The first-order valence-electron chi connectivity index (χ1n) is 10.1. The van der Waals surface area contributed by atoms with Gasteiger partial charge in [-0.3, -0.25) is 0 Å². The number of hydrogen-bond acceptors (Lipinski definition) is 4. The van der Waals surface area contributed by atoms with E-state index in [1.54, 1.807) is 6.07 Å². The van der Waals surface area contributed by atoms with Crippen LogP contribution in [0.5, 0.6) is 11.5 Å². The predicted octanol–water partition coefficient (Wildman–Crippen LogP) is -0.770. The summed E-state index contributed by atoms with van der Waals surface area (Å²) in [5, 5.41) is 22.7. The molecule has 1 aromatic rings.